The molecule has 1 aromatic heterocycles. The summed E-state index contributed by atoms with van der Waals surface area (Å²) in [7, 11) is 0. The molecular weight excluding hydrogens is 240 g/mol. The van der Waals surface area contributed by atoms with Crippen molar-refractivity contribution in [3.05, 3.63) is 22.8 Å². The van der Waals surface area contributed by atoms with Crippen molar-refractivity contribution < 1.29 is 0 Å². The Hall–Kier alpha value is -0.570. The molecule has 1 rings (SSSR count). The minimum atomic E-state index is 0.955. The van der Waals surface area contributed by atoms with Crippen LogP contribution in [0.4, 0.5) is 5.82 Å². The smallest absolute Gasteiger partial charge is 0.127 e. The first-order valence-corrected chi connectivity index (χ1v) is 5.97. The molecule has 2 nitrogen and oxygen atoms in total. The van der Waals surface area contributed by atoms with Gasteiger partial charge in [-0.25, -0.2) is 4.98 Å². The Morgan fingerprint density at radius 2 is 2.21 bits per heavy atom. The zero-order chi connectivity index (χ0) is 10.2. The number of pyridine rings is 1. The van der Waals surface area contributed by atoms with Crippen molar-refractivity contribution in [1.82, 2.24) is 4.98 Å². The van der Waals surface area contributed by atoms with Crippen molar-refractivity contribution in [2.45, 2.75) is 32.6 Å². The molecule has 1 N–H and O–H groups in total. The fourth-order valence-electron chi connectivity index (χ4n) is 1.27. The molecule has 0 unspecified atom stereocenters. The maximum absolute atomic E-state index is 4.22. The van der Waals surface area contributed by atoms with Gasteiger partial charge in [-0.3, -0.25) is 0 Å². The van der Waals surface area contributed by atoms with Gasteiger partial charge in [0.05, 0.1) is 0 Å². The molecule has 14 heavy (non-hydrogen) atoms. The molecule has 1 heterocycles. The van der Waals surface area contributed by atoms with Crippen LogP contribution in [0.5, 0.6) is 0 Å². The Balaban J connectivity index is 2.18. The number of nitrogens with zero attached hydrogens (tertiary/aromatic N) is 1. The van der Waals surface area contributed by atoms with E-state index in [0.717, 1.165) is 16.8 Å². The highest BCUT2D eigenvalue weighted by atomic mass is 79.9. The van der Waals surface area contributed by atoms with Crippen LogP contribution in [0.3, 0.4) is 0 Å². The van der Waals surface area contributed by atoms with Crippen LogP contribution >= 0.6 is 15.9 Å². The predicted octanol–water partition coefficient (Wildman–Crippen LogP) is 3.84. The molecule has 0 amide bonds. The molecule has 78 valence electrons. The summed E-state index contributed by atoms with van der Waals surface area (Å²) in [5.74, 6) is 0.955. The van der Waals surface area contributed by atoms with Gasteiger partial charge >= 0.3 is 0 Å². The second-order valence-corrected chi connectivity index (χ2v) is 4.26. The Bertz CT molecular complexity index is 263. The van der Waals surface area contributed by atoms with E-state index in [1.54, 1.807) is 6.20 Å². The summed E-state index contributed by atoms with van der Waals surface area (Å²) >= 11 is 3.42. The first kappa shape index (κ1) is 11.5. The summed E-state index contributed by atoms with van der Waals surface area (Å²) in [6, 6.07) is 3.93. The van der Waals surface area contributed by atoms with E-state index in [4.69, 9.17) is 0 Å². The third-order valence-electron chi connectivity index (χ3n) is 2.06. The highest BCUT2D eigenvalue weighted by molar-refractivity contribution is 9.10. The molecule has 0 radical (unpaired) electrons. The number of hydrogen-bond acceptors (Lipinski definition) is 2. The molecule has 0 aromatic carbocycles. The summed E-state index contributed by atoms with van der Waals surface area (Å²) in [5.41, 5.74) is 0. The van der Waals surface area contributed by atoms with Crippen molar-refractivity contribution in [3.8, 4) is 0 Å². The number of rotatable bonds is 6. The van der Waals surface area contributed by atoms with Gasteiger partial charge in [0.25, 0.3) is 0 Å². The van der Waals surface area contributed by atoms with Gasteiger partial charge in [-0.2, -0.15) is 0 Å². The molecule has 0 saturated carbocycles. The second kappa shape index (κ2) is 6.82. The van der Waals surface area contributed by atoms with E-state index in [-0.39, 0.29) is 0 Å². The van der Waals surface area contributed by atoms with Crippen LogP contribution in [0.25, 0.3) is 0 Å². The fraction of sp³-hybridized carbons (Fsp3) is 0.545. The molecule has 0 atom stereocenters. The molecule has 0 aliphatic rings. The lowest BCUT2D eigenvalue weighted by molar-refractivity contribution is 0.684. The lowest BCUT2D eigenvalue weighted by atomic mass is 10.2. The van der Waals surface area contributed by atoms with Crippen LogP contribution in [0.15, 0.2) is 22.8 Å². The lowest BCUT2D eigenvalue weighted by Crippen LogP contribution is -2.02. The highest BCUT2D eigenvalue weighted by Gasteiger charge is 1.93. The molecule has 0 bridgehead atoms. The van der Waals surface area contributed by atoms with E-state index in [1.165, 1.54) is 25.7 Å². The van der Waals surface area contributed by atoms with Gasteiger partial charge in [0.15, 0.2) is 0 Å². The molecular formula is C11H17BrN2. The van der Waals surface area contributed by atoms with Crippen LogP contribution in [-0.2, 0) is 0 Å². The van der Waals surface area contributed by atoms with Crippen molar-refractivity contribution >= 4 is 21.7 Å². The quantitative estimate of drug-likeness (QED) is 0.783. The van der Waals surface area contributed by atoms with Crippen LogP contribution in [0, 0.1) is 0 Å². The van der Waals surface area contributed by atoms with Gasteiger partial charge in [-0.1, -0.05) is 42.1 Å². The normalized spacial score (nSPS) is 10.1. The average molecular weight is 257 g/mol. The number of anilines is 1. The monoisotopic (exact) mass is 256 g/mol. The number of hydrogen-bond donors (Lipinski definition) is 1. The molecule has 1 aromatic rings. The minimum absolute atomic E-state index is 0.955. The molecule has 0 spiro atoms. The Morgan fingerprint density at radius 3 is 2.93 bits per heavy atom. The average Bonchev–Trinajstić information content (AvgIpc) is 2.18. The zero-order valence-electron chi connectivity index (χ0n) is 8.59. The molecule has 3 heteroatoms. The Kier molecular flexibility index (Phi) is 5.60. The molecule has 0 saturated heterocycles. The minimum Gasteiger partial charge on any atom is -0.370 e. The highest BCUT2D eigenvalue weighted by Crippen LogP contribution is 2.12. The van der Waals surface area contributed by atoms with E-state index < -0.39 is 0 Å². The van der Waals surface area contributed by atoms with Crippen LogP contribution in [0.1, 0.15) is 32.6 Å². The van der Waals surface area contributed by atoms with Crippen LogP contribution in [0.2, 0.25) is 0 Å². The first-order valence-electron chi connectivity index (χ1n) is 5.18. The van der Waals surface area contributed by atoms with Crippen molar-refractivity contribution in [1.29, 1.82) is 0 Å². The van der Waals surface area contributed by atoms with Crippen LogP contribution < -0.4 is 5.32 Å². The van der Waals surface area contributed by atoms with Gasteiger partial charge in [-0.15, -0.1) is 0 Å². The van der Waals surface area contributed by atoms with Gasteiger partial charge in [-0.05, 0) is 18.6 Å². The van der Waals surface area contributed by atoms with Crippen molar-refractivity contribution in [2.75, 3.05) is 11.9 Å². The third kappa shape index (κ3) is 4.61. The van der Waals surface area contributed by atoms with E-state index in [1.807, 2.05) is 12.1 Å². The van der Waals surface area contributed by atoms with Gasteiger partial charge in [0.1, 0.15) is 5.82 Å². The molecule has 0 fully saturated rings. The van der Waals surface area contributed by atoms with E-state index in [2.05, 4.69) is 33.2 Å². The second-order valence-electron chi connectivity index (χ2n) is 3.35. The van der Waals surface area contributed by atoms with E-state index in [0.29, 0.717) is 0 Å². The Labute approximate surface area is 94.3 Å². The molecule has 0 aliphatic heterocycles. The van der Waals surface area contributed by atoms with Gasteiger partial charge in [0, 0.05) is 17.2 Å². The summed E-state index contributed by atoms with van der Waals surface area (Å²) in [5, 5.41) is 3.30. The van der Waals surface area contributed by atoms with Crippen molar-refractivity contribution in [2.24, 2.45) is 0 Å². The summed E-state index contributed by atoms with van der Waals surface area (Å²) in [6.45, 7) is 3.24. The predicted molar refractivity (Wildman–Crippen MR) is 64.6 cm³/mol. The fourth-order valence-corrected chi connectivity index (χ4v) is 1.60. The number of nitrogens with one attached hydrogen (secondary N) is 1. The maximum Gasteiger partial charge on any atom is 0.127 e. The largest absolute Gasteiger partial charge is 0.370 e. The van der Waals surface area contributed by atoms with Gasteiger partial charge in [0.2, 0.25) is 0 Å². The Morgan fingerprint density at radius 1 is 1.36 bits per heavy atom. The third-order valence-corrected chi connectivity index (χ3v) is 2.55. The number of aromatic nitrogens is 1. The summed E-state index contributed by atoms with van der Waals surface area (Å²) in [4.78, 5) is 4.22. The SMILES string of the molecule is CCCCCCNc1cc(Br)ccn1. The van der Waals surface area contributed by atoms with E-state index in [9.17, 15) is 0 Å². The zero-order valence-corrected chi connectivity index (χ0v) is 10.2. The van der Waals surface area contributed by atoms with Gasteiger partial charge < -0.3 is 5.32 Å². The van der Waals surface area contributed by atoms with E-state index >= 15 is 0 Å². The van der Waals surface area contributed by atoms with Crippen LogP contribution in [-0.4, -0.2) is 11.5 Å². The first-order chi connectivity index (χ1) is 6.83. The molecule has 0 aliphatic carbocycles. The number of halogens is 1. The standard InChI is InChI=1S/C11H17BrN2/c1-2-3-4-5-7-13-11-9-10(12)6-8-14-11/h6,8-9H,2-5,7H2,1H3,(H,13,14). The summed E-state index contributed by atoms with van der Waals surface area (Å²) in [6.07, 6.45) is 6.95. The van der Waals surface area contributed by atoms with Crippen molar-refractivity contribution in [3.63, 3.8) is 0 Å². The topological polar surface area (TPSA) is 24.9 Å². The summed E-state index contributed by atoms with van der Waals surface area (Å²) < 4.78 is 1.07. The lowest BCUT2D eigenvalue weighted by Gasteiger charge is -2.04. The number of unbranched alkanes of at least 4 members (excludes halogenated alkanes) is 3. The maximum atomic E-state index is 4.22.